The second-order valence-electron chi connectivity index (χ2n) is 5.25. The summed E-state index contributed by atoms with van der Waals surface area (Å²) in [5.41, 5.74) is 0. The zero-order valence-electron chi connectivity index (χ0n) is 12.3. The number of anilines is 1. The molecule has 0 aliphatic carbocycles. The van der Waals surface area contributed by atoms with Gasteiger partial charge in [-0.3, -0.25) is 0 Å². The molecular weight excluding hydrogens is 272 g/mol. The molecule has 2 aromatic rings. The van der Waals surface area contributed by atoms with Crippen LogP contribution < -0.4 is 10.2 Å². The van der Waals surface area contributed by atoms with Crippen LogP contribution in [0, 0.1) is 5.92 Å². The van der Waals surface area contributed by atoms with Crippen LogP contribution in [-0.2, 0) is 13.0 Å². The average Bonchev–Trinajstić information content (AvgIpc) is 3.06. The smallest absolute Gasteiger partial charge is 0.317 e. The first-order chi connectivity index (χ1) is 9.65. The van der Waals surface area contributed by atoms with Gasteiger partial charge in [0.2, 0.25) is 5.89 Å². The Morgan fingerprint density at radius 1 is 1.40 bits per heavy atom. The first-order valence-electron chi connectivity index (χ1n) is 6.91. The quantitative estimate of drug-likeness (QED) is 0.811. The van der Waals surface area contributed by atoms with E-state index in [4.69, 9.17) is 4.42 Å². The number of hydrogen-bond acceptors (Lipinski definition) is 6. The summed E-state index contributed by atoms with van der Waals surface area (Å²) in [7, 11) is 1.98. The lowest BCUT2D eigenvalue weighted by molar-refractivity contribution is 0.450. The molecule has 0 amide bonds. The van der Waals surface area contributed by atoms with Gasteiger partial charge in [0.15, 0.2) is 0 Å². The molecule has 0 unspecified atom stereocenters. The third-order valence-corrected chi connectivity index (χ3v) is 3.82. The van der Waals surface area contributed by atoms with Crippen molar-refractivity contribution in [3.8, 4) is 0 Å². The van der Waals surface area contributed by atoms with Gasteiger partial charge in [0.1, 0.15) is 0 Å². The summed E-state index contributed by atoms with van der Waals surface area (Å²) in [5.74, 6) is 1.26. The number of aromatic nitrogens is 2. The van der Waals surface area contributed by atoms with E-state index >= 15 is 0 Å². The van der Waals surface area contributed by atoms with Crippen LogP contribution in [0.1, 0.15) is 24.6 Å². The molecule has 2 heterocycles. The van der Waals surface area contributed by atoms with E-state index in [1.54, 1.807) is 11.3 Å². The Morgan fingerprint density at radius 3 is 2.95 bits per heavy atom. The summed E-state index contributed by atoms with van der Waals surface area (Å²) in [5, 5.41) is 13.5. The molecule has 0 spiro atoms. The van der Waals surface area contributed by atoms with Gasteiger partial charge in [0, 0.05) is 18.5 Å². The van der Waals surface area contributed by atoms with E-state index in [1.165, 1.54) is 4.88 Å². The molecule has 110 valence electrons. The number of thiophene rings is 1. The molecule has 6 heteroatoms. The second kappa shape index (κ2) is 7.40. The van der Waals surface area contributed by atoms with Gasteiger partial charge in [-0.15, -0.1) is 16.4 Å². The van der Waals surface area contributed by atoms with Gasteiger partial charge in [0.05, 0.1) is 6.54 Å². The highest BCUT2D eigenvalue weighted by Gasteiger charge is 2.10. The minimum Gasteiger partial charge on any atom is -0.407 e. The molecule has 0 radical (unpaired) electrons. The fraction of sp³-hybridized carbons (Fsp3) is 0.571. The topological polar surface area (TPSA) is 54.2 Å². The maximum absolute atomic E-state index is 5.64. The molecule has 0 saturated carbocycles. The highest BCUT2D eigenvalue weighted by Crippen LogP contribution is 2.13. The van der Waals surface area contributed by atoms with E-state index in [0.29, 0.717) is 24.4 Å². The number of hydrogen-bond donors (Lipinski definition) is 1. The van der Waals surface area contributed by atoms with Crippen molar-refractivity contribution in [2.24, 2.45) is 5.92 Å². The molecule has 20 heavy (non-hydrogen) atoms. The van der Waals surface area contributed by atoms with Crippen molar-refractivity contribution in [1.29, 1.82) is 0 Å². The molecule has 5 nitrogen and oxygen atoms in total. The minimum absolute atomic E-state index is 0.586. The van der Waals surface area contributed by atoms with E-state index < -0.39 is 0 Å². The Labute approximate surface area is 124 Å². The average molecular weight is 294 g/mol. The Bertz CT molecular complexity index is 495. The third kappa shape index (κ3) is 4.61. The highest BCUT2D eigenvalue weighted by atomic mass is 32.1. The van der Waals surface area contributed by atoms with E-state index in [9.17, 15) is 0 Å². The van der Waals surface area contributed by atoms with Crippen LogP contribution in [0.5, 0.6) is 0 Å². The largest absolute Gasteiger partial charge is 0.407 e. The minimum atomic E-state index is 0.586. The summed E-state index contributed by atoms with van der Waals surface area (Å²) >= 11 is 1.78. The van der Waals surface area contributed by atoms with Gasteiger partial charge in [-0.25, -0.2) is 0 Å². The van der Waals surface area contributed by atoms with Crippen LogP contribution in [-0.4, -0.2) is 30.3 Å². The van der Waals surface area contributed by atoms with Gasteiger partial charge in [0.25, 0.3) is 0 Å². The summed E-state index contributed by atoms with van der Waals surface area (Å²) in [4.78, 5) is 3.37. The monoisotopic (exact) mass is 294 g/mol. The third-order valence-electron chi connectivity index (χ3n) is 2.89. The number of nitrogens with zero attached hydrogens (tertiary/aromatic N) is 3. The first-order valence-corrected chi connectivity index (χ1v) is 7.79. The highest BCUT2D eigenvalue weighted by molar-refractivity contribution is 7.09. The maximum atomic E-state index is 5.64. The van der Waals surface area contributed by atoms with Crippen molar-refractivity contribution in [2.75, 3.05) is 25.0 Å². The zero-order chi connectivity index (χ0) is 14.4. The molecule has 1 N–H and O–H groups in total. The van der Waals surface area contributed by atoms with E-state index in [2.05, 4.69) is 46.9 Å². The normalized spacial score (nSPS) is 11.2. The maximum Gasteiger partial charge on any atom is 0.317 e. The molecule has 0 bridgehead atoms. The van der Waals surface area contributed by atoms with Crippen LogP contribution >= 0.6 is 11.3 Å². The number of likely N-dealkylation sites (N-methyl/N-ethyl adjacent to an activating group) is 1. The predicted molar refractivity (Wildman–Crippen MR) is 82.1 cm³/mol. The molecule has 0 aromatic carbocycles. The van der Waals surface area contributed by atoms with Gasteiger partial charge < -0.3 is 14.6 Å². The fourth-order valence-electron chi connectivity index (χ4n) is 1.77. The Morgan fingerprint density at radius 2 is 2.25 bits per heavy atom. The van der Waals surface area contributed by atoms with Crippen LogP contribution in [0.4, 0.5) is 6.01 Å². The van der Waals surface area contributed by atoms with Crippen LogP contribution in [0.25, 0.3) is 0 Å². The van der Waals surface area contributed by atoms with Crippen molar-refractivity contribution < 1.29 is 4.42 Å². The number of rotatable bonds is 8. The zero-order valence-corrected chi connectivity index (χ0v) is 13.1. The van der Waals surface area contributed by atoms with Gasteiger partial charge >= 0.3 is 6.01 Å². The molecule has 0 atom stereocenters. The molecule has 0 saturated heterocycles. The van der Waals surface area contributed by atoms with Crippen LogP contribution in [0.3, 0.4) is 0 Å². The Kier molecular flexibility index (Phi) is 5.55. The summed E-state index contributed by atoms with van der Waals surface area (Å²) < 4.78 is 5.64. The second-order valence-corrected chi connectivity index (χ2v) is 6.29. The molecule has 0 fully saturated rings. The van der Waals surface area contributed by atoms with Crippen molar-refractivity contribution >= 4 is 17.4 Å². The fourth-order valence-corrected chi connectivity index (χ4v) is 2.46. The van der Waals surface area contributed by atoms with E-state index in [1.807, 2.05) is 11.9 Å². The van der Waals surface area contributed by atoms with Crippen molar-refractivity contribution in [1.82, 2.24) is 15.5 Å². The van der Waals surface area contributed by atoms with Crippen molar-refractivity contribution in [2.45, 2.75) is 26.8 Å². The SMILES string of the molecule is CC(C)CNCc1nnc(N(C)CCc2cccs2)o1. The summed E-state index contributed by atoms with van der Waals surface area (Å²) in [6.45, 7) is 6.80. The summed E-state index contributed by atoms with van der Waals surface area (Å²) in [6.07, 6.45) is 0.997. The first kappa shape index (κ1) is 15.0. The van der Waals surface area contributed by atoms with Gasteiger partial charge in [-0.2, -0.15) is 0 Å². The molecule has 2 rings (SSSR count). The van der Waals surface area contributed by atoms with E-state index in [-0.39, 0.29) is 0 Å². The number of nitrogens with one attached hydrogen (secondary N) is 1. The van der Waals surface area contributed by atoms with Gasteiger partial charge in [-0.1, -0.05) is 25.0 Å². The standard InChI is InChI=1S/C14H22N4OS/c1-11(2)9-15-10-13-16-17-14(19-13)18(3)7-6-12-5-4-8-20-12/h4-5,8,11,15H,6-7,9-10H2,1-3H3. The van der Waals surface area contributed by atoms with Crippen LogP contribution in [0.15, 0.2) is 21.9 Å². The van der Waals surface area contributed by atoms with Crippen molar-refractivity contribution in [3.63, 3.8) is 0 Å². The molecule has 0 aliphatic rings. The molecular formula is C14H22N4OS. The summed E-state index contributed by atoms with van der Waals surface area (Å²) in [6, 6.07) is 4.81. The van der Waals surface area contributed by atoms with Gasteiger partial charge in [-0.05, 0) is 30.3 Å². The van der Waals surface area contributed by atoms with E-state index in [0.717, 1.165) is 19.5 Å². The van der Waals surface area contributed by atoms with Crippen LogP contribution in [0.2, 0.25) is 0 Å². The Hall–Kier alpha value is -1.40. The Balaban J connectivity index is 1.78. The lowest BCUT2D eigenvalue weighted by atomic mass is 10.2. The lowest BCUT2D eigenvalue weighted by Gasteiger charge is -2.12. The lowest BCUT2D eigenvalue weighted by Crippen LogP contribution is -2.20. The molecule has 2 aromatic heterocycles. The predicted octanol–water partition coefficient (Wildman–Crippen LogP) is 2.56. The van der Waals surface area contributed by atoms with Crippen molar-refractivity contribution in [3.05, 3.63) is 28.3 Å². The molecule has 0 aliphatic heterocycles.